The van der Waals surface area contributed by atoms with Crippen LogP contribution in [0.1, 0.15) is 18.2 Å². The molecule has 1 N–H and O–H groups in total. The molecule has 7 heteroatoms. The first kappa shape index (κ1) is 18.9. The molecule has 2 aromatic carbocycles. The summed E-state index contributed by atoms with van der Waals surface area (Å²) >= 11 is 0. The number of ether oxygens (including phenoxy) is 3. The highest BCUT2D eigenvalue weighted by molar-refractivity contribution is 5.93. The van der Waals surface area contributed by atoms with Crippen LogP contribution in [0.4, 0.5) is 5.69 Å². The van der Waals surface area contributed by atoms with E-state index in [1.54, 1.807) is 38.5 Å². The Morgan fingerprint density at radius 3 is 2.83 bits per heavy atom. The van der Waals surface area contributed by atoms with E-state index in [0.717, 1.165) is 23.3 Å². The van der Waals surface area contributed by atoms with Crippen molar-refractivity contribution in [2.24, 2.45) is 0 Å². The van der Waals surface area contributed by atoms with Gasteiger partial charge in [-0.15, -0.1) is 0 Å². The molecule has 0 fully saturated rings. The van der Waals surface area contributed by atoms with E-state index < -0.39 is 0 Å². The number of methoxy groups -OCH3 is 2. The summed E-state index contributed by atoms with van der Waals surface area (Å²) in [7, 11) is 3.11. The number of amides is 1. The molecule has 3 aromatic rings. The molecule has 7 nitrogen and oxygen atoms in total. The Balaban J connectivity index is 1.46. The molecule has 150 valence electrons. The number of anilines is 1. The minimum Gasteiger partial charge on any atom is -0.497 e. The number of hydrogen-bond donors (Lipinski definition) is 1. The van der Waals surface area contributed by atoms with Gasteiger partial charge in [0.1, 0.15) is 23.4 Å². The van der Waals surface area contributed by atoms with E-state index >= 15 is 0 Å². The fourth-order valence-electron chi connectivity index (χ4n) is 3.38. The van der Waals surface area contributed by atoms with Crippen LogP contribution in [0.2, 0.25) is 0 Å². The molecule has 0 spiro atoms. The van der Waals surface area contributed by atoms with E-state index in [0.29, 0.717) is 28.6 Å². The standard InChI is InChI=1S/C22H22N2O5/c1-13-8-15-9-14(4-6-19(15)28-13)21-10-16(24-29-21)11-22(25)23-18-12-17(26-2)5-7-20(18)27-3/h4-7,9-10,12-13H,8,11H2,1-3H3,(H,23,25). The number of fused-ring (bicyclic) bond motifs is 1. The van der Waals surface area contributed by atoms with E-state index in [1.807, 2.05) is 25.1 Å². The van der Waals surface area contributed by atoms with Crippen LogP contribution in [-0.2, 0) is 17.6 Å². The number of carbonyl (C=O) groups excluding carboxylic acids is 1. The zero-order valence-corrected chi connectivity index (χ0v) is 16.5. The van der Waals surface area contributed by atoms with Gasteiger partial charge >= 0.3 is 0 Å². The molecule has 2 heterocycles. The number of benzene rings is 2. The van der Waals surface area contributed by atoms with Crippen molar-refractivity contribution in [3.05, 3.63) is 53.7 Å². The zero-order chi connectivity index (χ0) is 20.4. The lowest BCUT2D eigenvalue weighted by Crippen LogP contribution is -2.15. The summed E-state index contributed by atoms with van der Waals surface area (Å²) in [5.41, 5.74) is 3.14. The van der Waals surface area contributed by atoms with E-state index in [-0.39, 0.29) is 18.4 Å². The molecular weight excluding hydrogens is 372 g/mol. The Kier molecular flexibility index (Phi) is 5.12. The van der Waals surface area contributed by atoms with Crippen LogP contribution < -0.4 is 19.5 Å². The molecule has 1 unspecified atom stereocenters. The van der Waals surface area contributed by atoms with Crippen LogP contribution in [-0.4, -0.2) is 31.4 Å². The highest BCUT2D eigenvalue weighted by atomic mass is 16.5. The number of nitrogens with zero attached hydrogens (tertiary/aromatic N) is 1. The fourth-order valence-corrected chi connectivity index (χ4v) is 3.38. The first-order chi connectivity index (χ1) is 14.1. The van der Waals surface area contributed by atoms with Crippen LogP contribution >= 0.6 is 0 Å². The molecule has 0 bridgehead atoms. The molecule has 4 rings (SSSR count). The first-order valence-electron chi connectivity index (χ1n) is 9.33. The van der Waals surface area contributed by atoms with Gasteiger partial charge in [-0.1, -0.05) is 5.16 Å². The molecular formula is C22H22N2O5. The first-order valence-corrected chi connectivity index (χ1v) is 9.33. The molecule has 1 amide bonds. The van der Waals surface area contributed by atoms with Gasteiger partial charge in [-0.2, -0.15) is 0 Å². The molecule has 1 aromatic heterocycles. The second kappa shape index (κ2) is 7.87. The average molecular weight is 394 g/mol. The van der Waals surface area contributed by atoms with E-state index in [4.69, 9.17) is 18.7 Å². The zero-order valence-electron chi connectivity index (χ0n) is 16.5. The maximum atomic E-state index is 12.5. The monoisotopic (exact) mass is 394 g/mol. The van der Waals surface area contributed by atoms with Gasteiger partial charge in [0.25, 0.3) is 0 Å². The van der Waals surface area contributed by atoms with Crippen molar-refractivity contribution in [1.29, 1.82) is 0 Å². The number of rotatable bonds is 6. The van der Waals surface area contributed by atoms with Gasteiger partial charge < -0.3 is 24.1 Å². The van der Waals surface area contributed by atoms with E-state index in [2.05, 4.69) is 10.5 Å². The molecule has 0 saturated carbocycles. The summed E-state index contributed by atoms with van der Waals surface area (Å²) < 4.78 is 21.7. The van der Waals surface area contributed by atoms with Gasteiger partial charge in [0.2, 0.25) is 5.91 Å². The Hall–Kier alpha value is -3.48. The Morgan fingerprint density at radius 1 is 1.17 bits per heavy atom. The highest BCUT2D eigenvalue weighted by Gasteiger charge is 2.20. The Bertz CT molecular complexity index is 1040. The van der Waals surface area contributed by atoms with Gasteiger partial charge in [0.05, 0.1) is 32.0 Å². The molecule has 0 radical (unpaired) electrons. The maximum absolute atomic E-state index is 12.5. The lowest BCUT2D eigenvalue weighted by atomic mass is 10.1. The summed E-state index contributed by atoms with van der Waals surface area (Å²) in [6.45, 7) is 2.04. The SMILES string of the molecule is COc1ccc(OC)c(NC(=O)Cc2cc(-c3ccc4c(c3)CC(C)O4)on2)c1. The third kappa shape index (κ3) is 4.03. The molecule has 1 aliphatic heterocycles. The minimum atomic E-state index is -0.229. The van der Waals surface area contributed by atoms with Crippen molar-refractivity contribution >= 4 is 11.6 Å². The molecule has 1 atom stereocenters. The van der Waals surface area contributed by atoms with Crippen molar-refractivity contribution in [2.75, 3.05) is 19.5 Å². The van der Waals surface area contributed by atoms with Gasteiger partial charge in [0, 0.05) is 24.1 Å². The van der Waals surface area contributed by atoms with Gasteiger partial charge in [0.15, 0.2) is 5.76 Å². The van der Waals surface area contributed by atoms with Crippen molar-refractivity contribution in [3.63, 3.8) is 0 Å². The van der Waals surface area contributed by atoms with Crippen molar-refractivity contribution < 1.29 is 23.5 Å². The van der Waals surface area contributed by atoms with Gasteiger partial charge in [-0.05, 0) is 42.8 Å². The van der Waals surface area contributed by atoms with E-state index in [1.165, 1.54) is 0 Å². The summed E-state index contributed by atoms with van der Waals surface area (Å²) in [6.07, 6.45) is 1.13. The van der Waals surface area contributed by atoms with Gasteiger partial charge in [-0.25, -0.2) is 0 Å². The van der Waals surface area contributed by atoms with Gasteiger partial charge in [-0.3, -0.25) is 4.79 Å². The predicted octanol–water partition coefficient (Wildman–Crippen LogP) is 3.86. The second-order valence-corrected chi connectivity index (χ2v) is 6.93. The molecule has 0 saturated heterocycles. The number of carbonyl (C=O) groups is 1. The number of nitrogens with one attached hydrogen (secondary N) is 1. The maximum Gasteiger partial charge on any atom is 0.230 e. The van der Waals surface area contributed by atoms with Crippen LogP contribution in [0, 0.1) is 0 Å². The molecule has 0 aliphatic carbocycles. The van der Waals surface area contributed by atoms with Crippen molar-refractivity contribution in [3.8, 4) is 28.6 Å². The summed E-state index contributed by atoms with van der Waals surface area (Å²) in [4.78, 5) is 12.5. The second-order valence-electron chi connectivity index (χ2n) is 6.93. The normalized spacial score (nSPS) is 14.8. The average Bonchev–Trinajstić information content (AvgIpc) is 3.32. The van der Waals surface area contributed by atoms with Crippen molar-refractivity contribution in [1.82, 2.24) is 5.16 Å². The largest absolute Gasteiger partial charge is 0.497 e. The van der Waals surface area contributed by atoms with Crippen molar-refractivity contribution in [2.45, 2.75) is 25.9 Å². The number of aromatic nitrogens is 1. The third-order valence-corrected chi connectivity index (χ3v) is 4.76. The lowest BCUT2D eigenvalue weighted by molar-refractivity contribution is -0.115. The quantitative estimate of drug-likeness (QED) is 0.684. The van der Waals surface area contributed by atoms with Crippen LogP contribution in [0.5, 0.6) is 17.2 Å². The summed E-state index contributed by atoms with van der Waals surface area (Å²) in [6, 6.07) is 12.9. The van der Waals surface area contributed by atoms with E-state index in [9.17, 15) is 4.79 Å². The Labute approximate surface area is 168 Å². The van der Waals surface area contributed by atoms with Crippen LogP contribution in [0.3, 0.4) is 0 Å². The highest BCUT2D eigenvalue weighted by Crippen LogP contribution is 2.33. The molecule has 29 heavy (non-hydrogen) atoms. The minimum absolute atomic E-state index is 0.0783. The number of hydrogen-bond acceptors (Lipinski definition) is 6. The summed E-state index contributed by atoms with van der Waals surface area (Å²) in [5.74, 6) is 2.48. The fraction of sp³-hybridized carbons (Fsp3) is 0.273. The topological polar surface area (TPSA) is 82.8 Å². The lowest BCUT2D eigenvalue weighted by Gasteiger charge is -2.11. The third-order valence-electron chi connectivity index (χ3n) is 4.76. The summed E-state index contributed by atoms with van der Waals surface area (Å²) in [5, 5.41) is 6.87. The molecule has 1 aliphatic rings. The van der Waals surface area contributed by atoms with Crippen LogP contribution in [0.25, 0.3) is 11.3 Å². The predicted molar refractivity (Wildman–Crippen MR) is 108 cm³/mol. The van der Waals surface area contributed by atoms with Crippen LogP contribution in [0.15, 0.2) is 47.0 Å². The Morgan fingerprint density at radius 2 is 2.03 bits per heavy atom. The smallest absolute Gasteiger partial charge is 0.230 e.